The van der Waals surface area contributed by atoms with Crippen LogP contribution in [0.3, 0.4) is 0 Å². The van der Waals surface area contributed by atoms with Crippen LogP contribution in [0.1, 0.15) is 55.3 Å². The number of esters is 3. The van der Waals surface area contributed by atoms with Crippen molar-refractivity contribution in [2.24, 2.45) is 0 Å². The fraction of sp³-hybridized carbons (Fsp3) is 0.385. The third-order valence-electron chi connectivity index (χ3n) is 5.01. The number of amides is 1. The predicted molar refractivity (Wildman–Crippen MR) is 147 cm³/mol. The highest BCUT2D eigenvalue weighted by Gasteiger charge is 2.25. The normalized spacial score (nSPS) is 14.5. The van der Waals surface area contributed by atoms with Crippen LogP contribution in [-0.2, 0) is 23.8 Å². The van der Waals surface area contributed by atoms with E-state index < -0.39 is 22.1 Å². The quantitative estimate of drug-likeness (QED) is 0.139. The zero-order valence-corrected chi connectivity index (χ0v) is 23.8. The number of nitrogens with one attached hydrogen (secondary N) is 1. The van der Waals surface area contributed by atoms with E-state index >= 15 is 0 Å². The molecule has 1 aliphatic heterocycles. The zero-order valence-electron chi connectivity index (χ0n) is 22.2. The molecule has 39 heavy (non-hydrogen) atoms. The van der Waals surface area contributed by atoms with E-state index in [-0.39, 0.29) is 41.6 Å². The number of ether oxygens (including phenoxy) is 3. The Morgan fingerprint density at radius 1 is 1.00 bits per heavy atom. The van der Waals surface area contributed by atoms with Crippen LogP contribution in [0, 0.1) is 10.1 Å². The number of nitro groups is 1. The number of carbonyl (C=O) groups excluding carboxylic acids is 4. The van der Waals surface area contributed by atoms with E-state index in [2.05, 4.69) is 5.32 Å². The van der Waals surface area contributed by atoms with E-state index in [4.69, 9.17) is 14.2 Å². The summed E-state index contributed by atoms with van der Waals surface area (Å²) in [6.45, 7) is 9.32. The molecule has 0 saturated carbocycles. The van der Waals surface area contributed by atoms with Gasteiger partial charge in [-0.3, -0.25) is 19.7 Å². The van der Waals surface area contributed by atoms with E-state index in [0.717, 1.165) is 22.7 Å². The summed E-state index contributed by atoms with van der Waals surface area (Å²) >= 11 is 2.50. The van der Waals surface area contributed by atoms with Gasteiger partial charge in [-0.25, -0.2) is 9.59 Å². The van der Waals surface area contributed by atoms with Crippen molar-refractivity contribution in [2.45, 2.75) is 54.9 Å². The van der Waals surface area contributed by atoms with Gasteiger partial charge in [0.1, 0.15) is 5.25 Å². The number of anilines is 1. The molecule has 0 aliphatic carbocycles. The molecule has 3 rings (SSSR count). The molecule has 2 atom stereocenters. The van der Waals surface area contributed by atoms with Crippen LogP contribution >= 0.6 is 23.5 Å². The number of hydrogen-bond acceptors (Lipinski definition) is 11. The van der Waals surface area contributed by atoms with Crippen molar-refractivity contribution in [3.05, 3.63) is 57.6 Å². The van der Waals surface area contributed by atoms with E-state index in [9.17, 15) is 29.3 Å². The molecule has 0 bridgehead atoms. The lowest BCUT2D eigenvalue weighted by atomic mass is 10.2. The number of thioether (sulfide) groups is 2. The van der Waals surface area contributed by atoms with Gasteiger partial charge in [0, 0.05) is 11.0 Å². The van der Waals surface area contributed by atoms with Crippen molar-refractivity contribution < 1.29 is 38.3 Å². The average molecular weight is 579 g/mol. The zero-order chi connectivity index (χ0) is 29.1. The molecule has 0 saturated heterocycles. The molecule has 0 fully saturated rings. The van der Waals surface area contributed by atoms with Crippen molar-refractivity contribution in [2.75, 3.05) is 25.1 Å². The standard InChI is InChI=1S/C14H17NO6S.C12H13NO3S/c1-4-20-13(16)9(3)22-12-7-6-10(14(17)21-5-2)8-11(12)15(18)19;1-3-16-12(15)8-4-5-10-9(6-8)13-11(14)7(2)17-10/h6-9H,4-5H2,1-3H3;4-7H,3H2,1-2H3,(H,13,14)/t9-;7-/m11/s1. The molecule has 1 amide bonds. The minimum atomic E-state index is -0.624. The Balaban J connectivity index is 0.000000282. The van der Waals surface area contributed by atoms with Gasteiger partial charge in [-0.15, -0.1) is 23.5 Å². The molecule has 11 nitrogen and oxygen atoms in total. The minimum absolute atomic E-state index is 0.0384. The SMILES string of the molecule is CCOC(=O)c1ccc(S[C@H](C)C(=O)OCC)c([N+](=O)[O-])c1.CCOC(=O)c1ccc2c(c1)NC(=O)[C@@H](C)S2. The maximum Gasteiger partial charge on any atom is 0.338 e. The number of benzene rings is 2. The highest BCUT2D eigenvalue weighted by molar-refractivity contribution is 8.01. The molecule has 1 N–H and O–H groups in total. The molecule has 0 spiro atoms. The molecule has 2 aromatic carbocycles. The Morgan fingerprint density at radius 2 is 1.56 bits per heavy atom. The number of hydrogen-bond donors (Lipinski definition) is 1. The second-order valence-electron chi connectivity index (χ2n) is 7.85. The molecule has 2 aromatic rings. The first-order valence-corrected chi connectivity index (χ1v) is 13.9. The lowest BCUT2D eigenvalue weighted by molar-refractivity contribution is -0.387. The third-order valence-corrected chi connectivity index (χ3v) is 7.33. The smallest absolute Gasteiger partial charge is 0.338 e. The average Bonchev–Trinajstić information content (AvgIpc) is 2.90. The highest BCUT2D eigenvalue weighted by Crippen LogP contribution is 2.36. The Kier molecular flexibility index (Phi) is 12.3. The fourth-order valence-corrected chi connectivity index (χ4v) is 5.03. The summed E-state index contributed by atoms with van der Waals surface area (Å²) in [5.41, 5.74) is 0.998. The Labute approximate surface area is 234 Å². The van der Waals surface area contributed by atoms with Crippen LogP contribution in [0.4, 0.5) is 11.4 Å². The van der Waals surface area contributed by atoms with Crippen molar-refractivity contribution in [3.63, 3.8) is 0 Å². The minimum Gasteiger partial charge on any atom is -0.465 e. The predicted octanol–water partition coefficient (Wildman–Crippen LogP) is 5.11. The molecular formula is C26H30N2O9S2. The van der Waals surface area contributed by atoms with Crippen molar-refractivity contribution >= 4 is 58.7 Å². The molecule has 210 valence electrons. The first-order valence-electron chi connectivity index (χ1n) is 12.1. The molecule has 13 heteroatoms. The van der Waals surface area contributed by atoms with Crippen LogP contribution in [0.15, 0.2) is 46.2 Å². The lowest BCUT2D eigenvalue weighted by Crippen LogP contribution is -2.26. The second-order valence-corrected chi connectivity index (χ2v) is 10.6. The summed E-state index contributed by atoms with van der Waals surface area (Å²) in [7, 11) is 0. The first-order chi connectivity index (χ1) is 18.5. The van der Waals surface area contributed by atoms with Crippen LogP contribution in [0.5, 0.6) is 0 Å². The van der Waals surface area contributed by atoms with E-state index in [1.54, 1.807) is 39.8 Å². The Morgan fingerprint density at radius 3 is 2.13 bits per heavy atom. The third kappa shape index (κ3) is 8.99. The molecule has 1 heterocycles. The Bertz CT molecular complexity index is 1240. The largest absolute Gasteiger partial charge is 0.465 e. The molecule has 0 unspecified atom stereocenters. The van der Waals surface area contributed by atoms with Gasteiger partial charge in [-0.05, 0) is 65.0 Å². The van der Waals surface area contributed by atoms with Gasteiger partial charge >= 0.3 is 17.9 Å². The number of nitro benzene ring substituents is 1. The van der Waals surface area contributed by atoms with Crippen molar-refractivity contribution in [1.29, 1.82) is 0 Å². The summed E-state index contributed by atoms with van der Waals surface area (Å²) in [5, 5.41) is 13.2. The summed E-state index contributed by atoms with van der Waals surface area (Å²) in [6, 6.07) is 9.23. The topological polar surface area (TPSA) is 151 Å². The maximum atomic E-state index is 11.6. The number of nitrogens with zero attached hydrogens (tertiary/aromatic N) is 1. The van der Waals surface area contributed by atoms with Gasteiger partial charge in [0.15, 0.2) is 0 Å². The maximum absolute atomic E-state index is 11.6. The van der Waals surface area contributed by atoms with E-state index in [1.807, 2.05) is 13.0 Å². The highest BCUT2D eigenvalue weighted by atomic mass is 32.2. The first kappa shape index (κ1) is 31.6. The van der Waals surface area contributed by atoms with Gasteiger partial charge in [-0.2, -0.15) is 0 Å². The second kappa shape index (κ2) is 15.1. The number of fused-ring (bicyclic) bond motifs is 1. The monoisotopic (exact) mass is 578 g/mol. The van der Waals surface area contributed by atoms with Crippen LogP contribution < -0.4 is 5.32 Å². The number of rotatable bonds is 9. The van der Waals surface area contributed by atoms with Gasteiger partial charge in [0.25, 0.3) is 5.69 Å². The Hall–Kier alpha value is -3.58. The van der Waals surface area contributed by atoms with Gasteiger partial charge in [0.05, 0.1) is 51.7 Å². The summed E-state index contributed by atoms with van der Waals surface area (Å²) in [6.07, 6.45) is 0. The summed E-state index contributed by atoms with van der Waals surface area (Å²) in [4.78, 5) is 58.1. The van der Waals surface area contributed by atoms with Crippen LogP contribution in [-0.4, -0.2) is 59.1 Å². The van der Waals surface area contributed by atoms with Crippen LogP contribution in [0.2, 0.25) is 0 Å². The van der Waals surface area contributed by atoms with Gasteiger partial charge in [-0.1, -0.05) is 0 Å². The molecule has 0 aromatic heterocycles. The lowest BCUT2D eigenvalue weighted by Gasteiger charge is -2.21. The van der Waals surface area contributed by atoms with E-state index in [0.29, 0.717) is 22.8 Å². The van der Waals surface area contributed by atoms with Crippen molar-refractivity contribution in [1.82, 2.24) is 0 Å². The van der Waals surface area contributed by atoms with E-state index in [1.165, 1.54) is 23.9 Å². The molecule has 1 aliphatic rings. The van der Waals surface area contributed by atoms with Gasteiger partial charge < -0.3 is 19.5 Å². The van der Waals surface area contributed by atoms with Crippen molar-refractivity contribution in [3.8, 4) is 0 Å². The molecular weight excluding hydrogens is 548 g/mol. The van der Waals surface area contributed by atoms with Gasteiger partial charge in [0.2, 0.25) is 5.91 Å². The summed E-state index contributed by atoms with van der Waals surface area (Å²) < 4.78 is 14.6. The fourth-order valence-electron chi connectivity index (χ4n) is 3.15. The molecule has 0 radical (unpaired) electrons. The summed E-state index contributed by atoms with van der Waals surface area (Å²) in [5.74, 6) is -1.48. The van der Waals surface area contributed by atoms with Crippen LogP contribution in [0.25, 0.3) is 0 Å². The number of carbonyl (C=O) groups is 4.